The zero-order valence-corrected chi connectivity index (χ0v) is 61.8. The van der Waals surface area contributed by atoms with E-state index in [-0.39, 0.29) is 25.7 Å². The average Bonchev–Trinajstić information content (AvgIpc) is 2.15. The van der Waals surface area contributed by atoms with E-state index in [2.05, 4.69) is 65.8 Å². The molecule has 7 atom stereocenters. The van der Waals surface area contributed by atoms with Crippen LogP contribution >= 0.6 is 15.6 Å². The third-order valence-corrected chi connectivity index (χ3v) is 19.2. The van der Waals surface area contributed by atoms with E-state index in [1.165, 1.54) is 154 Å². The number of hydrogen-bond acceptors (Lipinski definition) is 15. The van der Waals surface area contributed by atoms with Crippen LogP contribution in [0.2, 0.25) is 0 Å². The Kier molecular flexibility index (Phi) is 63.7. The highest BCUT2D eigenvalue weighted by atomic mass is 31.2. The first-order chi connectivity index (χ1) is 44.9. The van der Waals surface area contributed by atoms with Crippen molar-refractivity contribution >= 4 is 39.5 Å². The van der Waals surface area contributed by atoms with Crippen LogP contribution in [0.25, 0.3) is 0 Å². The zero-order valence-electron chi connectivity index (χ0n) is 60.0. The van der Waals surface area contributed by atoms with Crippen LogP contribution in [0.4, 0.5) is 0 Å². The average molecular weight is 1360 g/mol. The lowest BCUT2D eigenvalue weighted by atomic mass is 9.99. The van der Waals surface area contributed by atoms with E-state index in [1.54, 1.807) is 0 Å². The molecule has 0 fully saturated rings. The lowest BCUT2D eigenvalue weighted by Crippen LogP contribution is -2.30. The van der Waals surface area contributed by atoms with Gasteiger partial charge in [0.05, 0.1) is 26.4 Å². The first kappa shape index (κ1) is 90.5. The summed E-state index contributed by atoms with van der Waals surface area (Å²) in [7, 11) is -9.92. The molecular weight excluding hydrogens is 1220 g/mol. The second kappa shape index (κ2) is 65.5. The molecule has 17 nitrogen and oxygen atoms in total. The van der Waals surface area contributed by atoms with Crippen LogP contribution in [0.1, 0.15) is 356 Å². The van der Waals surface area contributed by atoms with Crippen molar-refractivity contribution < 1.29 is 80.2 Å². The molecule has 0 aromatic carbocycles. The van der Waals surface area contributed by atoms with E-state index in [1.807, 2.05) is 0 Å². The summed E-state index contributed by atoms with van der Waals surface area (Å²) in [5, 5.41) is 10.6. The summed E-state index contributed by atoms with van der Waals surface area (Å²) in [6, 6.07) is 0. The summed E-state index contributed by atoms with van der Waals surface area (Å²) in [5.74, 6) is -0.613. The molecule has 0 aliphatic rings. The Labute approximate surface area is 567 Å². The van der Waals surface area contributed by atoms with Gasteiger partial charge in [-0.2, -0.15) is 0 Å². The van der Waals surface area contributed by atoms with Crippen LogP contribution in [-0.2, 0) is 65.4 Å². The molecule has 4 unspecified atom stereocenters. The standard InChI is InChI=1S/C74H140O17P2/c1-7-11-13-15-17-19-21-23-25-27-29-35-39-47-53-59-73(78)90-69(62-84-71(76)56-50-44-37-33-31-30-32-36-42-48-54-66(5)9-3)64-88-92(80,81)86-60-68(75)61-87-93(82,83)89-65-70(63-85-72(77)57-51-45-41-40-43-49-55-67(6)10-4)91-74(79)58-52-46-38-34-28-26-24-22-20-18-16-14-12-8-2/h19,21,23,25,66-70,75H,7-18,20,22,24,26-65H2,1-6H3,(H,80,81)(H,82,83)/b21-19-,25-23-/t66?,67?,68-,69-,70-/m1/s1. The van der Waals surface area contributed by atoms with Crippen LogP contribution in [0.3, 0.4) is 0 Å². The molecular formula is C74H140O17P2. The molecule has 0 aromatic rings. The Morgan fingerprint density at radius 3 is 0.914 bits per heavy atom. The molecule has 548 valence electrons. The normalized spacial score (nSPS) is 14.8. The Hall–Kier alpha value is -2.46. The summed E-state index contributed by atoms with van der Waals surface area (Å²) >= 11 is 0. The van der Waals surface area contributed by atoms with Crippen molar-refractivity contribution in [2.75, 3.05) is 39.6 Å². The predicted molar refractivity (Wildman–Crippen MR) is 377 cm³/mol. The number of aliphatic hydroxyl groups is 1. The Morgan fingerprint density at radius 2 is 0.602 bits per heavy atom. The molecule has 0 aliphatic heterocycles. The van der Waals surface area contributed by atoms with Crippen molar-refractivity contribution in [3.05, 3.63) is 24.3 Å². The lowest BCUT2D eigenvalue weighted by Gasteiger charge is -2.21. The van der Waals surface area contributed by atoms with Gasteiger partial charge in [0.25, 0.3) is 0 Å². The molecule has 0 bridgehead atoms. The van der Waals surface area contributed by atoms with Gasteiger partial charge in [-0.1, -0.05) is 303 Å². The second-order valence-electron chi connectivity index (χ2n) is 26.5. The fourth-order valence-electron chi connectivity index (χ4n) is 10.7. The molecule has 93 heavy (non-hydrogen) atoms. The quantitative estimate of drug-likeness (QED) is 0.0169. The summed E-state index contributed by atoms with van der Waals surface area (Å²) < 4.78 is 68.4. The van der Waals surface area contributed by atoms with Gasteiger partial charge in [-0.15, -0.1) is 0 Å². The van der Waals surface area contributed by atoms with E-state index in [4.69, 9.17) is 37.0 Å². The number of aliphatic hydroxyl groups excluding tert-OH is 1. The number of phosphoric ester groups is 2. The SMILES string of the molecule is CCCCCC/C=C\C=C/CCCCCCCC(=O)O[C@H](COC(=O)CCCCCCCCCCCCC(C)CC)COP(=O)(O)OC[C@@H](O)COP(=O)(O)OC[C@@H](COC(=O)CCCCCCCCC(C)CC)OC(=O)CCCCCCCCCCCCCCCC. The number of carbonyl (C=O) groups is 4. The monoisotopic (exact) mass is 1360 g/mol. The van der Waals surface area contributed by atoms with Crippen molar-refractivity contribution in [2.24, 2.45) is 11.8 Å². The Morgan fingerprint density at radius 1 is 0.344 bits per heavy atom. The molecule has 0 amide bonds. The number of phosphoric acid groups is 2. The van der Waals surface area contributed by atoms with Gasteiger partial charge in [0.15, 0.2) is 12.2 Å². The number of allylic oxidation sites excluding steroid dienone is 4. The van der Waals surface area contributed by atoms with Gasteiger partial charge in [0.2, 0.25) is 0 Å². The maximum Gasteiger partial charge on any atom is 0.472 e. The van der Waals surface area contributed by atoms with E-state index >= 15 is 0 Å². The van der Waals surface area contributed by atoms with Crippen LogP contribution in [0.15, 0.2) is 24.3 Å². The van der Waals surface area contributed by atoms with E-state index in [0.29, 0.717) is 25.7 Å². The highest BCUT2D eigenvalue weighted by molar-refractivity contribution is 7.47. The van der Waals surface area contributed by atoms with Gasteiger partial charge in [-0.05, 0) is 63.2 Å². The molecule has 0 saturated heterocycles. The van der Waals surface area contributed by atoms with Crippen LogP contribution in [0.5, 0.6) is 0 Å². The number of unbranched alkanes of at least 4 members (excludes halogenated alkanes) is 36. The second-order valence-corrected chi connectivity index (χ2v) is 29.4. The van der Waals surface area contributed by atoms with Gasteiger partial charge < -0.3 is 33.8 Å². The maximum atomic E-state index is 13.1. The molecule has 0 saturated carbocycles. The number of rotatable bonds is 71. The van der Waals surface area contributed by atoms with Crippen molar-refractivity contribution in [2.45, 2.75) is 374 Å². The van der Waals surface area contributed by atoms with Gasteiger partial charge >= 0.3 is 39.5 Å². The van der Waals surface area contributed by atoms with Crippen LogP contribution in [0, 0.1) is 11.8 Å². The van der Waals surface area contributed by atoms with E-state index in [9.17, 15) is 43.2 Å². The summed E-state index contributed by atoms with van der Waals surface area (Å²) in [5.41, 5.74) is 0. The van der Waals surface area contributed by atoms with Gasteiger partial charge in [0.1, 0.15) is 19.3 Å². The smallest absolute Gasteiger partial charge is 0.462 e. The minimum absolute atomic E-state index is 0.0847. The Balaban J connectivity index is 5.30. The van der Waals surface area contributed by atoms with Gasteiger partial charge in [-0.3, -0.25) is 37.3 Å². The summed E-state index contributed by atoms with van der Waals surface area (Å²) in [4.78, 5) is 72.7. The summed E-state index contributed by atoms with van der Waals surface area (Å²) in [6.07, 6.45) is 54.8. The molecule has 0 radical (unpaired) electrons. The fraction of sp³-hybridized carbons (Fsp3) is 0.892. The molecule has 0 aliphatic carbocycles. The molecule has 0 spiro atoms. The highest BCUT2D eigenvalue weighted by Crippen LogP contribution is 2.45. The lowest BCUT2D eigenvalue weighted by molar-refractivity contribution is -0.161. The molecule has 0 aromatic heterocycles. The Bertz CT molecular complexity index is 1900. The topological polar surface area (TPSA) is 237 Å². The van der Waals surface area contributed by atoms with Crippen molar-refractivity contribution in [3.63, 3.8) is 0 Å². The number of ether oxygens (including phenoxy) is 4. The zero-order chi connectivity index (χ0) is 68.6. The number of hydrogen-bond donors (Lipinski definition) is 3. The van der Waals surface area contributed by atoms with Crippen LogP contribution < -0.4 is 0 Å². The molecule has 19 heteroatoms. The fourth-order valence-corrected chi connectivity index (χ4v) is 12.3. The number of esters is 4. The molecule has 0 heterocycles. The highest BCUT2D eigenvalue weighted by Gasteiger charge is 2.30. The van der Waals surface area contributed by atoms with Crippen LogP contribution in [-0.4, -0.2) is 96.7 Å². The predicted octanol–water partition coefficient (Wildman–Crippen LogP) is 21.1. The van der Waals surface area contributed by atoms with Crippen molar-refractivity contribution in [1.29, 1.82) is 0 Å². The van der Waals surface area contributed by atoms with Crippen molar-refractivity contribution in [3.8, 4) is 0 Å². The molecule has 3 N–H and O–H groups in total. The largest absolute Gasteiger partial charge is 0.472 e. The van der Waals surface area contributed by atoms with E-state index < -0.39 is 97.5 Å². The van der Waals surface area contributed by atoms with E-state index in [0.717, 1.165) is 121 Å². The first-order valence-electron chi connectivity index (χ1n) is 37.9. The minimum Gasteiger partial charge on any atom is -0.462 e. The first-order valence-corrected chi connectivity index (χ1v) is 40.9. The van der Waals surface area contributed by atoms with Crippen molar-refractivity contribution in [1.82, 2.24) is 0 Å². The summed E-state index contributed by atoms with van der Waals surface area (Å²) in [6.45, 7) is 9.50. The third-order valence-electron chi connectivity index (χ3n) is 17.3. The number of carbonyl (C=O) groups excluding carboxylic acids is 4. The van der Waals surface area contributed by atoms with Gasteiger partial charge in [-0.25, -0.2) is 9.13 Å². The van der Waals surface area contributed by atoms with Gasteiger partial charge in [0, 0.05) is 25.7 Å². The maximum absolute atomic E-state index is 13.1. The minimum atomic E-state index is -4.96. The third kappa shape index (κ3) is 65.3. The molecule has 0 rings (SSSR count).